The van der Waals surface area contributed by atoms with Crippen molar-refractivity contribution in [3.8, 4) is 11.3 Å². The monoisotopic (exact) mass is 342 g/mol. The van der Waals surface area contributed by atoms with Crippen LogP contribution in [-0.4, -0.2) is 21.1 Å². The molecule has 0 saturated heterocycles. The van der Waals surface area contributed by atoms with Crippen LogP contribution in [0.25, 0.3) is 11.3 Å². The number of hydrogen-bond acceptors (Lipinski definition) is 6. The Morgan fingerprint density at radius 2 is 2.04 bits per heavy atom. The fourth-order valence-electron chi connectivity index (χ4n) is 2.18. The van der Waals surface area contributed by atoms with E-state index in [4.69, 9.17) is 4.42 Å². The van der Waals surface area contributed by atoms with Crippen LogP contribution in [0.4, 0.5) is 5.13 Å². The molecule has 0 bridgehead atoms. The van der Waals surface area contributed by atoms with Crippen molar-refractivity contribution in [1.29, 1.82) is 0 Å². The van der Waals surface area contributed by atoms with Gasteiger partial charge in [-0.25, -0.2) is 4.98 Å². The number of carbonyl (C=O) groups excluding carboxylic acids is 1. The summed E-state index contributed by atoms with van der Waals surface area (Å²) >= 11 is 1.42. The molecule has 24 heavy (non-hydrogen) atoms. The summed E-state index contributed by atoms with van der Waals surface area (Å²) in [4.78, 5) is 16.2. The molecule has 0 aliphatic heterocycles. The number of rotatable bonds is 7. The highest BCUT2D eigenvalue weighted by Gasteiger charge is 2.11. The lowest BCUT2D eigenvalue weighted by atomic mass is 10.2. The van der Waals surface area contributed by atoms with Crippen LogP contribution in [-0.2, 0) is 17.6 Å². The molecule has 0 spiro atoms. The van der Waals surface area contributed by atoms with E-state index in [1.807, 2.05) is 30.3 Å². The lowest BCUT2D eigenvalue weighted by Crippen LogP contribution is -2.12. The Bertz CT molecular complexity index is 798. The van der Waals surface area contributed by atoms with Gasteiger partial charge in [-0.15, -0.1) is 10.2 Å². The molecule has 0 aliphatic rings. The van der Waals surface area contributed by atoms with E-state index in [2.05, 4.69) is 27.4 Å². The molecule has 0 unspecified atom stereocenters. The molecule has 0 radical (unpaired) electrons. The highest BCUT2D eigenvalue weighted by Crippen LogP contribution is 2.21. The van der Waals surface area contributed by atoms with E-state index >= 15 is 0 Å². The number of nitrogens with one attached hydrogen (secondary N) is 1. The van der Waals surface area contributed by atoms with Crippen molar-refractivity contribution < 1.29 is 9.21 Å². The Morgan fingerprint density at radius 1 is 1.21 bits per heavy atom. The van der Waals surface area contributed by atoms with Crippen molar-refractivity contribution >= 4 is 22.4 Å². The zero-order chi connectivity index (χ0) is 16.8. The molecule has 1 aromatic carbocycles. The Hall–Kier alpha value is -2.54. The lowest BCUT2D eigenvalue weighted by molar-refractivity contribution is -0.116. The Labute approximate surface area is 144 Å². The smallest absolute Gasteiger partial charge is 0.226 e. The number of carbonyl (C=O) groups is 1. The van der Waals surface area contributed by atoms with Crippen molar-refractivity contribution in [2.24, 2.45) is 0 Å². The van der Waals surface area contributed by atoms with Gasteiger partial charge in [0.2, 0.25) is 11.0 Å². The number of benzene rings is 1. The van der Waals surface area contributed by atoms with E-state index in [0.29, 0.717) is 23.2 Å². The van der Waals surface area contributed by atoms with Crippen LogP contribution in [0.3, 0.4) is 0 Å². The average Bonchev–Trinajstić information content (AvgIpc) is 3.24. The first-order valence-electron chi connectivity index (χ1n) is 7.87. The van der Waals surface area contributed by atoms with Gasteiger partial charge < -0.3 is 9.73 Å². The van der Waals surface area contributed by atoms with E-state index in [1.165, 1.54) is 11.3 Å². The minimum atomic E-state index is -0.117. The molecular weight excluding hydrogens is 324 g/mol. The fraction of sp³-hybridized carbons (Fsp3) is 0.294. The predicted molar refractivity (Wildman–Crippen MR) is 92.8 cm³/mol. The van der Waals surface area contributed by atoms with E-state index in [0.717, 1.165) is 23.4 Å². The number of aromatic nitrogens is 3. The second kappa shape index (κ2) is 7.83. The van der Waals surface area contributed by atoms with Crippen LogP contribution in [0.2, 0.25) is 0 Å². The summed E-state index contributed by atoms with van der Waals surface area (Å²) in [5.74, 6) is 1.14. The third kappa shape index (κ3) is 4.26. The fourth-order valence-corrected chi connectivity index (χ4v) is 3.04. The highest BCUT2D eigenvalue weighted by atomic mass is 32.1. The quantitative estimate of drug-likeness (QED) is 0.708. The molecule has 2 aromatic heterocycles. The van der Waals surface area contributed by atoms with Crippen LogP contribution in [0.1, 0.15) is 30.7 Å². The molecule has 1 N–H and O–H groups in total. The number of aryl methyl sites for hydroxylation is 2. The number of anilines is 1. The summed E-state index contributed by atoms with van der Waals surface area (Å²) in [5, 5.41) is 12.3. The molecule has 0 fully saturated rings. The first-order chi connectivity index (χ1) is 11.7. The van der Waals surface area contributed by atoms with E-state index in [9.17, 15) is 4.79 Å². The molecule has 1 amide bonds. The van der Waals surface area contributed by atoms with Crippen LogP contribution < -0.4 is 5.32 Å². The molecule has 0 aliphatic carbocycles. The molecule has 0 atom stereocenters. The predicted octanol–water partition coefficient (Wildman–Crippen LogP) is 3.72. The van der Waals surface area contributed by atoms with Crippen molar-refractivity contribution in [2.75, 3.05) is 5.32 Å². The Morgan fingerprint density at radius 3 is 2.83 bits per heavy atom. The van der Waals surface area contributed by atoms with Gasteiger partial charge in [0.25, 0.3) is 0 Å². The molecule has 6 nitrogen and oxygen atoms in total. The second-order valence-electron chi connectivity index (χ2n) is 5.28. The van der Waals surface area contributed by atoms with Crippen molar-refractivity contribution in [3.05, 3.63) is 47.4 Å². The number of amides is 1. The molecule has 124 valence electrons. The maximum absolute atomic E-state index is 12.0. The third-order valence-corrected chi connectivity index (χ3v) is 4.25. The van der Waals surface area contributed by atoms with Crippen LogP contribution >= 0.6 is 11.3 Å². The van der Waals surface area contributed by atoms with E-state index in [-0.39, 0.29) is 12.3 Å². The number of hydrogen-bond donors (Lipinski definition) is 1. The van der Waals surface area contributed by atoms with E-state index in [1.54, 1.807) is 6.20 Å². The minimum absolute atomic E-state index is 0.117. The summed E-state index contributed by atoms with van der Waals surface area (Å²) in [6.07, 6.45) is 4.31. The molecule has 0 saturated carbocycles. The molecular formula is C17H18N4O2S. The van der Waals surface area contributed by atoms with Gasteiger partial charge in [-0.2, -0.15) is 0 Å². The molecule has 2 heterocycles. The maximum atomic E-state index is 12.0. The van der Waals surface area contributed by atoms with Crippen LogP contribution in [0.5, 0.6) is 0 Å². The lowest BCUT2D eigenvalue weighted by Gasteiger charge is -1.99. The summed E-state index contributed by atoms with van der Waals surface area (Å²) in [5.41, 5.74) is 0.970. The van der Waals surface area contributed by atoms with Crippen molar-refractivity contribution in [2.45, 2.75) is 32.6 Å². The van der Waals surface area contributed by atoms with Gasteiger partial charge in [0, 0.05) is 24.8 Å². The summed E-state index contributed by atoms with van der Waals surface area (Å²) in [7, 11) is 0. The summed E-state index contributed by atoms with van der Waals surface area (Å²) < 4.78 is 5.69. The zero-order valence-electron chi connectivity index (χ0n) is 13.4. The van der Waals surface area contributed by atoms with Gasteiger partial charge in [0.15, 0.2) is 11.7 Å². The SMILES string of the molecule is CCCc1nnc(NC(=O)CCc2ncc(-c3ccccc3)o2)s1. The standard InChI is InChI=1S/C17H18N4O2S/c1-2-6-16-20-21-17(24-16)19-14(22)9-10-15-18-11-13(23-15)12-7-4-3-5-8-12/h3-5,7-8,11H,2,6,9-10H2,1H3,(H,19,21,22). The first-order valence-corrected chi connectivity index (χ1v) is 8.68. The molecule has 3 rings (SSSR count). The van der Waals surface area contributed by atoms with Gasteiger partial charge in [0.05, 0.1) is 6.20 Å². The highest BCUT2D eigenvalue weighted by molar-refractivity contribution is 7.15. The normalized spacial score (nSPS) is 10.7. The van der Waals surface area contributed by atoms with Crippen molar-refractivity contribution in [1.82, 2.24) is 15.2 Å². The Kier molecular flexibility index (Phi) is 5.32. The van der Waals surface area contributed by atoms with Gasteiger partial charge in [-0.1, -0.05) is 48.6 Å². The molecule has 3 aromatic rings. The average molecular weight is 342 g/mol. The first kappa shape index (κ1) is 16.3. The second-order valence-corrected chi connectivity index (χ2v) is 6.35. The van der Waals surface area contributed by atoms with Gasteiger partial charge >= 0.3 is 0 Å². The van der Waals surface area contributed by atoms with Crippen LogP contribution in [0.15, 0.2) is 40.9 Å². The van der Waals surface area contributed by atoms with Gasteiger partial charge in [-0.05, 0) is 6.42 Å². The third-order valence-electron chi connectivity index (χ3n) is 3.35. The zero-order valence-corrected chi connectivity index (χ0v) is 14.2. The van der Waals surface area contributed by atoms with Crippen molar-refractivity contribution in [3.63, 3.8) is 0 Å². The largest absolute Gasteiger partial charge is 0.441 e. The minimum Gasteiger partial charge on any atom is -0.441 e. The number of oxazole rings is 1. The number of nitrogens with zero attached hydrogens (tertiary/aromatic N) is 3. The molecule has 7 heteroatoms. The summed E-state index contributed by atoms with van der Waals surface area (Å²) in [6.45, 7) is 2.08. The maximum Gasteiger partial charge on any atom is 0.226 e. The Balaban J connectivity index is 1.52. The van der Waals surface area contributed by atoms with E-state index < -0.39 is 0 Å². The topological polar surface area (TPSA) is 80.9 Å². The van der Waals surface area contributed by atoms with Gasteiger partial charge in [0.1, 0.15) is 5.01 Å². The summed E-state index contributed by atoms with van der Waals surface area (Å²) in [6, 6.07) is 9.75. The van der Waals surface area contributed by atoms with Gasteiger partial charge in [-0.3, -0.25) is 4.79 Å². The van der Waals surface area contributed by atoms with Crippen LogP contribution in [0, 0.1) is 0 Å².